The summed E-state index contributed by atoms with van der Waals surface area (Å²) in [7, 11) is 0. The Morgan fingerprint density at radius 1 is 1.31 bits per heavy atom. The van der Waals surface area contributed by atoms with Gasteiger partial charge in [-0.1, -0.05) is 18.7 Å². The third-order valence-electron chi connectivity index (χ3n) is 3.99. The number of thioether (sulfide) groups is 1. The summed E-state index contributed by atoms with van der Waals surface area (Å²) in [6.45, 7) is 9.72. The summed E-state index contributed by atoms with van der Waals surface area (Å²) in [6.07, 6.45) is 0.785. The van der Waals surface area contributed by atoms with Crippen LogP contribution in [0.4, 0.5) is 0 Å². The maximum Gasteiger partial charge on any atom is 0.343 e. The number of nitrogens with zero attached hydrogens (tertiary/aromatic N) is 2. The molecule has 8 nitrogen and oxygen atoms in total. The largest absolute Gasteiger partial charge is 0.462 e. The van der Waals surface area contributed by atoms with Crippen LogP contribution in [0.5, 0.6) is 0 Å². The van der Waals surface area contributed by atoms with Gasteiger partial charge in [0, 0.05) is 12.2 Å². The van der Waals surface area contributed by atoms with Gasteiger partial charge in [0.15, 0.2) is 10.9 Å². The fourth-order valence-corrected chi connectivity index (χ4v) is 3.68. The summed E-state index contributed by atoms with van der Waals surface area (Å²) in [5.41, 5.74) is 1.67. The minimum absolute atomic E-state index is 0.162. The molecule has 2 heterocycles. The molecule has 0 aliphatic rings. The van der Waals surface area contributed by atoms with E-state index >= 15 is 0 Å². The quantitative estimate of drug-likeness (QED) is 0.414. The van der Waals surface area contributed by atoms with Crippen molar-refractivity contribution < 1.29 is 14.3 Å². The molecule has 0 saturated heterocycles. The fraction of sp³-hybridized carbons (Fsp3) is 0.529. The summed E-state index contributed by atoms with van der Waals surface area (Å²) in [4.78, 5) is 39.7. The van der Waals surface area contributed by atoms with Crippen LogP contribution in [0.25, 0.3) is 0 Å². The number of aromatic amines is 2. The number of carbonyl (C=O) groups is 2. The highest BCUT2D eigenvalue weighted by Gasteiger charge is 2.27. The third kappa shape index (κ3) is 3.92. The predicted octanol–water partition coefficient (Wildman–Crippen LogP) is 2.47. The van der Waals surface area contributed by atoms with Gasteiger partial charge in [0.2, 0.25) is 0 Å². The van der Waals surface area contributed by atoms with Gasteiger partial charge >= 0.3 is 11.7 Å². The third-order valence-corrected chi connectivity index (χ3v) is 5.08. The number of hydrogen-bond acceptors (Lipinski definition) is 6. The second-order valence-electron chi connectivity index (χ2n) is 5.93. The highest BCUT2D eigenvalue weighted by Crippen LogP contribution is 2.26. The lowest BCUT2D eigenvalue weighted by molar-refractivity contribution is 0.0525. The summed E-state index contributed by atoms with van der Waals surface area (Å²) < 4.78 is 6.58. The average molecular weight is 380 g/mol. The Bertz CT molecular complexity index is 865. The van der Waals surface area contributed by atoms with Crippen molar-refractivity contribution in [2.24, 2.45) is 0 Å². The summed E-state index contributed by atoms with van der Waals surface area (Å²) in [5.74, 6) is -0.605. The number of ether oxygens (including phenoxy) is 1. The summed E-state index contributed by atoms with van der Waals surface area (Å²) in [5, 5.41) is 6.41. The van der Waals surface area contributed by atoms with E-state index in [4.69, 9.17) is 4.74 Å². The number of esters is 1. The first kappa shape index (κ1) is 20.0. The lowest BCUT2D eigenvalue weighted by atomic mass is 10.1. The lowest BCUT2D eigenvalue weighted by Gasteiger charge is -2.10. The van der Waals surface area contributed by atoms with E-state index in [1.807, 2.05) is 6.92 Å². The normalized spacial score (nSPS) is 12.2. The molecule has 2 rings (SSSR count). The molecule has 0 saturated carbocycles. The van der Waals surface area contributed by atoms with Gasteiger partial charge in [-0.05, 0) is 39.7 Å². The van der Waals surface area contributed by atoms with Crippen molar-refractivity contribution in [1.82, 2.24) is 19.7 Å². The monoisotopic (exact) mass is 380 g/mol. The first-order valence-corrected chi connectivity index (χ1v) is 9.42. The Labute approximate surface area is 155 Å². The number of aromatic nitrogens is 4. The fourth-order valence-electron chi connectivity index (χ4n) is 2.73. The van der Waals surface area contributed by atoms with E-state index in [9.17, 15) is 14.4 Å². The number of H-pyrrole nitrogens is 2. The topological polar surface area (TPSA) is 110 Å². The predicted molar refractivity (Wildman–Crippen MR) is 99.0 cm³/mol. The standard InChI is InChI=1S/C17H24N4O4S/c1-6-8-21-16(24)19-20-17(21)26-11(5)14(22)13-9(3)12(10(4)18-13)15(23)25-7-2/h11,18H,6-8H2,1-5H3,(H,19,24)/t11-/m1/s1. The Hall–Kier alpha value is -2.29. The van der Waals surface area contributed by atoms with E-state index in [-0.39, 0.29) is 18.1 Å². The molecule has 9 heteroatoms. The minimum atomic E-state index is -0.479. The maximum absolute atomic E-state index is 12.9. The number of carbonyl (C=O) groups excluding carboxylic acids is 2. The van der Waals surface area contributed by atoms with Crippen molar-refractivity contribution in [3.05, 3.63) is 33.0 Å². The van der Waals surface area contributed by atoms with Crippen LogP contribution < -0.4 is 5.69 Å². The molecule has 0 radical (unpaired) electrons. The van der Waals surface area contributed by atoms with Crippen LogP contribution in [0.2, 0.25) is 0 Å². The number of aryl methyl sites for hydroxylation is 1. The van der Waals surface area contributed by atoms with Gasteiger partial charge in [0.1, 0.15) is 0 Å². The van der Waals surface area contributed by atoms with E-state index in [1.54, 1.807) is 27.7 Å². The van der Waals surface area contributed by atoms with Crippen LogP contribution in [0.3, 0.4) is 0 Å². The molecule has 0 aliphatic heterocycles. The van der Waals surface area contributed by atoms with Crippen LogP contribution in [0, 0.1) is 13.8 Å². The van der Waals surface area contributed by atoms with Crippen molar-refractivity contribution >= 4 is 23.5 Å². The van der Waals surface area contributed by atoms with Gasteiger partial charge in [0.25, 0.3) is 0 Å². The number of hydrogen-bond donors (Lipinski definition) is 2. The lowest BCUT2D eigenvalue weighted by Crippen LogP contribution is -2.20. The maximum atomic E-state index is 12.9. The van der Waals surface area contributed by atoms with Gasteiger partial charge in [-0.25, -0.2) is 14.7 Å². The molecule has 0 aromatic carbocycles. The molecule has 0 unspecified atom stereocenters. The van der Waals surface area contributed by atoms with Crippen LogP contribution in [-0.2, 0) is 11.3 Å². The van der Waals surface area contributed by atoms with Gasteiger partial charge < -0.3 is 9.72 Å². The van der Waals surface area contributed by atoms with Crippen molar-refractivity contribution in [3.63, 3.8) is 0 Å². The van der Waals surface area contributed by atoms with E-state index < -0.39 is 11.2 Å². The number of rotatable bonds is 8. The molecule has 0 amide bonds. The molecule has 0 bridgehead atoms. The Kier molecular flexibility index (Phi) is 6.47. The van der Waals surface area contributed by atoms with E-state index in [1.165, 1.54) is 16.3 Å². The molecular weight excluding hydrogens is 356 g/mol. The van der Waals surface area contributed by atoms with Crippen LogP contribution in [0.1, 0.15) is 59.3 Å². The molecule has 0 fully saturated rings. The second-order valence-corrected chi connectivity index (χ2v) is 7.24. The highest BCUT2D eigenvalue weighted by molar-refractivity contribution is 8.00. The van der Waals surface area contributed by atoms with Crippen molar-refractivity contribution in [2.75, 3.05) is 6.61 Å². The van der Waals surface area contributed by atoms with Gasteiger partial charge in [-0.15, -0.1) is 5.10 Å². The molecule has 0 aliphatic carbocycles. The molecule has 2 aromatic heterocycles. The number of nitrogens with one attached hydrogen (secondary N) is 2. The van der Waals surface area contributed by atoms with Crippen LogP contribution in [0.15, 0.2) is 9.95 Å². The minimum Gasteiger partial charge on any atom is -0.462 e. The second kappa shape index (κ2) is 8.39. The molecule has 1 atom stereocenters. The number of ketones is 1. The van der Waals surface area contributed by atoms with E-state index in [2.05, 4.69) is 15.2 Å². The molecule has 26 heavy (non-hydrogen) atoms. The van der Waals surface area contributed by atoms with Gasteiger partial charge in [-0.3, -0.25) is 9.36 Å². The van der Waals surface area contributed by atoms with Crippen LogP contribution in [-0.4, -0.2) is 43.4 Å². The smallest absolute Gasteiger partial charge is 0.343 e. The molecular formula is C17H24N4O4S. The van der Waals surface area contributed by atoms with Crippen molar-refractivity contribution in [3.8, 4) is 0 Å². The van der Waals surface area contributed by atoms with E-state index in [0.29, 0.717) is 34.2 Å². The summed E-state index contributed by atoms with van der Waals surface area (Å²) in [6, 6.07) is 0. The molecule has 0 spiro atoms. The summed E-state index contributed by atoms with van der Waals surface area (Å²) >= 11 is 1.21. The van der Waals surface area contributed by atoms with Crippen molar-refractivity contribution in [1.29, 1.82) is 0 Å². The van der Waals surface area contributed by atoms with Crippen LogP contribution >= 0.6 is 11.8 Å². The van der Waals surface area contributed by atoms with Gasteiger partial charge in [0.05, 0.1) is 23.1 Å². The first-order chi connectivity index (χ1) is 12.3. The van der Waals surface area contributed by atoms with Gasteiger partial charge in [-0.2, -0.15) is 0 Å². The van der Waals surface area contributed by atoms with E-state index in [0.717, 1.165) is 6.42 Å². The average Bonchev–Trinajstić information content (AvgIpc) is 3.08. The zero-order valence-electron chi connectivity index (χ0n) is 15.6. The first-order valence-electron chi connectivity index (χ1n) is 8.54. The molecule has 142 valence electrons. The number of Topliss-reactive ketones (excluding diaryl/α,β-unsaturated/α-hetero) is 1. The Balaban J connectivity index is 2.25. The zero-order valence-corrected chi connectivity index (χ0v) is 16.5. The van der Waals surface area contributed by atoms with Crippen molar-refractivity contribution in [2.45, 2.75) is 58.0 Å². The highest BCUT2D eigenvalue weighted by atomic mass is 32.2. The molecule has 2 N–H and O–H groups in total. The Morgan fingerprint density at radius 3 is 2.62 bits per heavy atom. The SMILES string of the molecule is CCCn1c(S[C@H](C)C(=O)c2[nH]c(C)c(C(=O)OCC)c2C)n[nH]c1=O. The Morgan fingerprint density at radius 2 is 2.00 bits per heavy atom. The molecule has 2 aromatic rings. The zero-order chi connectivity index (χ0) is 19.4.